The van der Waals surface area contributed by atoms with E-state index in [0.29, 0.717) is 12.8 Å². The quantitative estimate of drug-likeness (QED) is 0.924. The van der Waals surface area contributed by atoms with E-state index in [-0.39, 0.29) is 5.91 Å². The zero-order valence-corrected chi connectivity index (χ0v) is 12.3. The number of amides is 1. The monoisotopic (exact) mass is 290 g/mol. The van der Waals surface area contributed by atoms with Crippen LogP contribution in [-0.2, 0) is 9.53 Å². The van der Waals surface area contributed by atoms with Crippen molar-refractivity contribution in [3.8, 4) is 6.07 Å². The van der Waals surface area contributed by atoms with Crippen LogP contribution < -0.4 is 5.32 Å². The molecular weight excluding hydrogens is 272 g/mol. The fourth-order valence-electron chi connectivity index (χ4n) is 2.31. The first-order valence-corrected chi connectivity index (χ1v) is 7.75. The molecule has 0 unspecified atom stereocenters. The SMILES string of the molecule is CO[C@H](C(=O)NC1(C#N)CCSCC1)c1ccccc1. The maximum atomic E-state index is 12.4. The number of nitrogens with one attached hydrogen (secondary N) is 1. The molecule has 1 atom stereocenters. The third-order valence-corrected chi connectivity index (χ3v) is 4.48. The first-order chi connectivity index (χ1) is 9.71. The summed E-state index contributed by atoms with van der Waals surface area (Å²) in [5.41, 5.74) is 0.0548. The van der Waals surface area contributed by atoms with Crippen molar-refractivity contribution >= 4 is 17.7 Å². The Bertz CT molecular complexity index is 492. The van der Waals surface area contributed by atoms with Crippen LogP contribution >= 0.6 is 11.8 Å². The van der Waals surface area contributed by atoms with E-state index in [4.69, 9.17) is 4.74 Å². The number of carbonyl (C=O) groups is 1. The van der Waals surface area contributed by atoms with Gasteiger partial charge in [0.1, 0.15) is 5.54 Å². The average molecular weight is 290 g/mol. The van der Waals surface area contributed by atoms with Crippen LogP contribution in [0.3, 0.4) is 0 Å². The Morgan fingerprint density at radius 3 is 2.60 bits per heavy atom. The second-order valence-electron chi connectivity index (χ2n) is 4.82. The van der Waals surface area contributed by atoms with Gasteiger partial charge in [-0.3, -0.25) is 4.79 Å². The van der Waals surface area contributed by atoms with E-state index >= 15 is 0 Å². The second-order valence-corrected chi connectivity index (χ2v) is 6.05. The smallest absolute Gasteiger partial charge is 0.254 e. The van der Waals surface area contributed by atoms with Crippen molar-refractivity contribution in [2.24, 2.45) is 0 Å². The van der Waals surface area contributed by atoms with E-state index in [2.05, 4.69) is 11.4 Å². The molecule has 1 aromatic carbocycles. The number of thioether (sulfide) groups is 1. The van der Waals surface area contributed by atoms with Crippen molar-refractivity contribution in [1.82, 2.24) is 5.32 Å². The van der Waals surface area contributed by atoms with Crippen LogP contribution in [0, 0.1) is 11.3 Å². The third-order valence-electron chi connectivity index (χ3n) is 3.50. The molecule has 0 radical (unpaired) electrons. The largest absolute Gasteiger partial charge is 0.367 e. The van der Waals surface area contributed by atoms with Gasteiger partial charge in [-0.2, -0.15) is 17.0 Å². The van der Waals surface area contributed by atoms with Crippen molar-refractivity contribution in [3.05, 3.63) is 35.9 Å². The number of methoxy groups -OCH3 is 1. The standard InChI is InChI=1S/C15H18N2O2S/c1-19-13(12-5-3-2-4-6-12)14(18)17-15(11-16)7-9-20-10-8-15/h2-6,13H,7-10H2,1H3,(H,17,18)/t13-/m0/s1. The van der Waals surface area contributed by atoms with Gasteiger partial charge in [0.05, 0.1) is 6.07 Å². The van der Waals surface area contributed by atoms with Crippen LogP contribution in [0.1, 0.15) is 24.5 Å². The Balaban J connectivity index is 2.11. The number of rotatable bonds is 4. The van der Waals surface area contributed by atoms with Gasteiger partial charge in [-0.25, -0.2) is 0 Å². The van der Waals surface area contributed by atoms with Gasteiger partial charge < -0.3 is 10.1 Å². The van der Waals surface area contributed by atoms with Gasteiger partial charge in [-0.15, -0.1) is 0 Å². The minimum Gasteiger partial charge on any atom is -0.367 e. The summed E-state index contributed by atoms with van der Waals surface area (Å²) in [5, 5.41) is 12.3. The maximum absolute atomic E-state index is 12.4. The molecule has 2 rings (SSSR count). The molecule has 1 amide bonds. The Morgan fingerprint density at radius 1 is 1.40 bits per heavy atom. The molecule has 0 bridgehead atoms. The molecule has 4 nitrogen and oxygen atoms in total. The molecule has 0 aromatic heterocycles. The van der Waals surface area contributed by atoms with Gasteiger partial charge >= 0.3 is 0 Å². The van der Waals surface area contributed by atoms with Gasteiger partial charge in [0.25, 0.3) is 5.91 Å². The zero-order valence-electron chi connectivity index (χ0n) is 11.5. The molecule has 0 saturated carbocycles. The highest BCUT2D eigenvalue weighted by molar-refractivity contribution is 7.99. The summed E-state index contributed by atoms with van der Waals surface area (Å²) in [6.07, 6.45) is 0.701. The predicted molar refractivity (Wildman–Crippen MR) is 79.2 cm³/mol. The van der Waals surface area contributed by atoms with Crippen LogP contribution in [-0.4, -0.2) is 30.1 Å². The van der Waals surface area contributed by atoms with E-state index in [0.717, 1.165) is 17.1 Å². The Kier molecular flexibility index (Phi) is 5.05. The summed E-state index contributed by atoms with van der Waals surface area (Å²) in [6.45, 7) is 0. The van der Waals surface area contributed by atoms with E-state index < -0.39 is 11.6 Å². The summed E-state index contributed by atoms with van der Waals surface area (Å²) in [5.74, 6) is 1.56. The zero-order chi connectivity index (χ0) is 14.4. The highest BCUT2D eigenvalue weighted by Crippen LogP contribution is 2.28. The normalized spacial score (nSPS) is 18.8. The van der Waals surface area contributed by atoms with Crippen molar-refractivity contribution < 1.29 is 9.53 Å². The highest BCUT2D eigenvalue weighted by atomic mass is 32.2. The lowest BCUT2D eigenvalue weighted by atomic mass is 9.93. The Hall–Kier alpha value is -1.51. The lowest BCUT2D eigenvalue weighted by molar-refractivity contribution is -0.133. The molecule has 1 heterocycles. The van der Waals surface area contributed by atoms with Gasteiger partial charge in [0, 0.05) is 7.11 Å². The van der Waals surface area contributed by atoms with Crippen LogP contribution in [0.25, 0.3) is 0 Å². The minimum atomic E-state index is -0.742. The average Bonchev–Trinajstić information content (AvgIpc) is 2.50. The number of hydrogen-bond donors (Lipinski definition) is 1. The molecule has 1 aliphatic rings. The summed E-state index contributed by atoms with van der Waals surface area (Å²) < 4.78 is 5.30. The summed E-state index contributed by atoms with van der Waals surface area (Å²) in [6, 6.07) is 11.6. The number of benzene rings is 1. The van der Waals surface area contributed by atoms with Crippen molar-refractivity contribution in [2.75, 3.05) is 18.6 Å². The number of nitriles is 1. The molecule has 1 aliphatic heterocycles. The number of carbonyl (C=O) groups excluding carboxylic acids is 1. The van der Waals surface area contributed by atoms with Crippen molar-refractivity contribution in [3.63, 3.8) is 0 Å². The third kappa shape index (κ3) is 3.33. The van der Waals surface area contributed by atoms with E-state index in [1.54, 1.807) is 0 Å². The number of hydrogen-bond acceptors (Lipinski definition) is 4. The van der Waals surface area contributed by atoms with E-state index in [1.807, 2.05) is 42.1 Å². The predicted octanol–water partition coefficient (Wildman–Crippen LogP) is 2.28. The molecule has 20 heavy (non-hydrogen) atoms. The highest BCUT2D eigenvalue weighted by Gasteiger charge is 2.36. The first kappa shape index (κ1) is 14.9. The lowest BCUT2D eigenvalue weighted by Crippen LogP contribution is -2.51. The first-order valence-electron chi connectivity index (χ1n) is 6.59. The second kappa shape index (κ2) is 6.78. The Morgan fingerprint density at radius 2 is 2.05 bits per heavy atom. The van der Waals surface area contributed by atoms with Gasteiger partial charge in [0.15, 0.2) is 6.10 Å². The summed E-state index contributed by atoms with van der Waals surface area (Å²) in [4.78, 5) is 12.4. The van der Waals surface area contributed by atoms with Gasteiger partial charge in [-0.1, -0.05) is 30.3 Å². The van der Waals surface area contributed by atoms with Crippen molar-refractivity contribution in [2.45, 2.75) is 24.5 Å². The maximum Gasteiger partial charge on any atom is 0.254 e. The van der Waals surface area contributed by atoms with Crippen LogP contribution in [0.4, 0.5) is 0 Å². The van der Waals surface area contributed by atoms with Crippen LogP contribution in [0.2, 0.25) is 0 Å². The Labute approximate surface area is 123 Å². The molecule has 1 fully saturated rings. The van der Waals surface area contributed by atoms with E-state index in [1.165, 1.54) is 7.11 Å². The summed E-state index contributed by atoms with van der Waals surface area (Å²) >= 11 is 1.82. The molecule has 0 aliphatic carbocycles. The molecule has 1 N–H and O–H groups in total. The fourth-order valence-corrected chi connectivity index (χ4v) is 3.50. The molecule has 5 heteroatoms. The minimum absolute atomic E-state index is 0.243. The van der Waals surface area contributed by atoms with Gasteiger partial charge in [0.2, 0.25) is 0 Å². The summed E-state index contributed by atoms with van der Waals surface area (Å²) in [7, 11) is 1.51. The molecule has 1 saturated heterocycles. The van der Waals surface area contributed by atoms with Crippen molar-refractivity contribution in [1.29, 1.82) is 5.26 Å². The lowest BCUT2D eigenvalue weighted by Gasteiger charge is -2.32. The fraction of sp³-hybridized carbons (Fsp3) is 0.467. The number of nitrogens with zero attached hydrogens (tertiary/aromatic N) is 1. The van der Waals surface area contributed by atoms with E-state index in [9.17, 15) is 10.1 Å². The molecule has 1 aromatic rings. The van der Waals surface area contributed by atoms with Crippen LogP contribution in [0.5, 0.6) is 0 Å². The van der Waals surface area contributed by atoms with Gasteiger partial charge in [-0.05, 0) is 29.9 Å². The number of ether oxygens (including phenoxy) is 1. The molecular formula is C15H18N2O2S. The molecule has 106 valence electrons. The van der Waals surface area contributed by atoms with Crippen LogP contribution in [0.15, 0.2) is 30.3 Å². The molecule has 0 spiro atoms. The topological polar surface area (TPSA) is 62.1 Å².